The van der Waals surface area contributed by atoms with Crippen molar-refractivity contribution in [3.05, 3.63) is 0 Å². The lowest BCUT2D eigenvalue weighted by Crippen LogP contribution is -2.43. The molecule has 0 radical (unpaired) electrons. The van der Waals surface area contributed by atoms with Crippen LogP contribution in [-0.4, -0.2) is 55.1 Å². The molecule has 0 aromatic rings. The van der Waals surface area contributed by atoms with Crippen molar-refractivity contribution in [2.75, 3.05) is 19.3 Å². The second-order valence-electron chi connectivity index (χ2n) is 5.20. The van der Waals surface area contributed by atoms with Crippen LogP contribution in [0.2, 0.25) is 0 Å². The molecular weight excluding hydrogens is 272 g/mol. The summed E-state index contributed by atoms with van der Waals surface area (Å²) < 4.78 is 24.4. The van der Waals surface area contributed by atoms with Gasteiger partial charge in [0.25, 0.3) is 0 Å². The molecule has 0 spiro atoms. The molecule has 0 bridgehead atoms. The van der Waals surface area contributed by atoms with E-state index < -0.39 is 27.8 Å². The smallest absolute Gasteiger partial charge is 0.307 e. The first-order valence-corrected chi connectivity index (χ1v) is 8.13. The van der Waals surface area contributed by atoms with Crippen molar-refractivity contribution < 1.29 is 23.1 Å². The summed E-state index contributed by atoms with van der Waals surface area (Å²) in [6.07, 6.45) is 3.05. The molecule has 2 fully saturated rings. The van der Waals surface area contributed by atoms with Crippen LogP contribution in [0.4, 0.5) is 0 Å². The van der Waals surface area contributed by atoms with E-state index in [0.717, 1.165) is 19.1 Å². The van der Waals surface area contributed by atoms with Gasteiger partial charge in [0.2, 0.25) is 15.9 Å². The number of carbonyl (C=O) groups excluding carboxylic acids is 1. The molecule has 3 atom stereocenters. The predicted octanol–water partition coefficient (Wildman–Crippen LogP) is -0.753. The molecule has 1 saturated heterocycles. The van der Waals surface area contributed by atoms with Gasteiger partial charge in [0.1, 0.15) is 0 Å². The summed E-state index contributed by atoms with van der Waals surface area (Å²) in [5, 5.41) is 11.4. The third-order valence-corrected chi connectivity index (χ3v) is 5.04. The Kier molecular flexibility index (Phi) is 3.82. The number of hydrogen-bond donors (Lipinski definition) is 2. The molecule has 0 aromatic heterocycles. The van der Waals surface area contributed by atoms with Crippen LogP contribution < -0.4 is 5.32 Å². The van der Waals surface area contributed by atoms with Gasteiger partial charge in [0, 0.05) is 19.1 Å². The predicted molar refractivity (Wildman–Crippen MR) is 66.8 cm³/mol. The molecule has 19 heavy (non-hydrogen) atoms. The number of nitrogens with zero attached hydrogens (tertiary/aromatic N) is 1. The molecule has 0 aromatic carbocycles. The lowest BCUT2D eigenvalue weighted by Gasteiger charge is -2.22. The number of carboxylic acid groups (broad SMARTS) is 1. The lowest BCUT2D eigenvalue weighted by atomic mass is 10.2. The minimum atomic E-state index is -3.24. The van der Waals surface area contributed by atoms with Gasteiger partial charge in [-0.1, -0.05) is 0 Å². The summed E-state index contributed by atoms with van der Waals surface area (Å²) >= 11 is 0. The molecule has 108 valence electrons. The van der Waals surface area contributed by atoms with Gasteiger partial charge in [0.05, 0.1) is 18.1 Å². The molecule has 1 amide bonds. The van der Waals surface area contributed by atoms with E-state index >= 15 is 0 Å². The first-order valence-electron chi connectivity index (χ1n) is 6.28. The molecule has 1 aliphatic heterocycles. The number of carbonyl (C=O) groups is 2. The van der Waals surface area contributed by atoms with Gasteiger partial charge in [-0.05, 0) is 19.3 Å². The van der Waals surface area contributed by atoms with E-state index in [4.69, 9.17) is 5.11 Å². The highest BCUT2D eigenvalue weighted by atomic mass is 32.2. The Morgan fingerprint density at radius 3 is 2.58 bits per heavy atom. The van der Waals surface area contributed by atoms with E-state index in [2.05, 4.69) is 5.32 Å². The largest absolute Gasteiger partial charge is 0.481 e. The normalized spacial score (nSPS) is 31.1. The summed E-state index contributed by atoms with van der Waals surface area (Å²) in [7, 11) is -3.24. The molecule has 1 saturated carbocycles. The third-order valence-electron chi connectivity index (χ3n) is 3.71. The zero-order valence-electron chi connectivity index (χ0n) is 10.7. The van der Waals surface area contributed by atoms with Crippen molar-refractivity contribution in [3.63, 3.8) is 0 Å². The SMILES string of the molecule is CS(=O)(=O)N1CCC[C@@H]1CNC(=O)C1CC1C(=O)O. The number of amides is 1. The van der Waals surface area contributed by atoms with Crippen LogP contribution in [-0.2, 0) is 19.6 Å². The van der Waals surface area contributed by atoms with Crippen LogP contribution in [0.3, 0.4) is 0 Å². The van der Waals surface area contributed by atoms with E-state index in [0.29, 0.717) is 13.0 Å². The van der Waals surface area contributed by atoms with Gasteiger partial charge in [-0.2, -0.15) is 4.31 Å². The molecule has 1 heterocycles. The van der Waals surface area contributed by atoms with Crippen LogP contribution in [0.1, 0.15) is 19.3 Å². The van der Waals surface area contributed by atoms with Crippen molar-refractivity contribution in [1.29, 1.82) is 0 Å². The highest BCUT2D eigenvalue weighted by Crippen LogP contribution is 2.38. The van der Waals surface area contributed by atoms with Crippen molar-refractivity contribution in [3.8, 4) is 0 Å². The Morgan fingerprint density at radius 2 is 2.05 bits per heavy atom. The topological polar surface area (TPSA) is 104 Å². The molecule has 2 unspecified atom stereocenters. The number of carboxylic acids is 1. The molecule has 2 aliphatic rings. The van der Waals surface area contributed by atoms with Crippen molar-refractivity contribution in [1.82, 2.24) is 9.62 Å². The third kappa shape index (κ3) is 3.24. The Morgan fingerprint density at radius 1 is 1.37 bits per heavy atom. The summed E-state index contributed by atoms with van der Waals surface area (Å²) in [5.74, 6) is -2.26. The number of aliphatic carboxylic acids is 1. The number of rotatable bonds is 5. The summed E-state index contributed by atoms with van der Waals surface area (Å²) in [6, 6.07) is -0.207. The van der Waals surface area contributed by atoms with Crippen LogP contribution >= 0.6 is 0 Å². The molecule has 2 N–H and O–H groups in total. The average molecular weight is 290 g/mol. The molecular formula is C11H18N2O5S. The fourth-order valence-electron chi connectivity index (χ4n) is 2.56. The van der Waals surface area contributed by atoms with Crippen LogP contribution in [0, 0.1) is 11.8 Å². The monoisotopic (exact) mass is 290 g/mol. The highest BCUT2D eigenvalue weighted by Gasteiger charge is 2.48. The van der Waals surface area contributed by atoms with Gasteiger partial charge < -0.3 is 10.4 Å². The van der Waals surface area contributed by atoms with E-state index in [1.807, 2.05) is 0 Å². The van der Waals surface area contributed by atoms with Crippen molar-refractivity contribution in [2.24, 2.45) is 11.8 Å². The molecule has 7 nitrogen and oxygen atoms in total. The first-order chi connectivity index (χ1) is 8.80. The van der Waals surface area contributed by atoms with Crippen LogP contribution in [0.15, 0.2) is 0 Å². The number of nitrogens with one attached hydrogen (secondary N) is 1. The lowest BCUT2D eigenvalue weighted by molar-refractivity contribution is -0.140. The number of sulfonamides is 1. The van der Waals surface area contributed by atoms with E-state index in [1.165, 1.54) is 4.31 Å². The van der Waals surface area contributed by atoms with Gasteiger partial charge in [-0.15, -0.1) is 0 Å². The van der Waals surface area contributed by atoms with Gasteiger partial charge in [0.15, 0.2) is 0 Å². The van der Waals surface area contributed by atoms with Crippen molar-refractivity contribution >= 4 is 21.9 Å². The van der Waals surface area contributed by atoms with Crippen LogP contribution in [0.25, 0.3) is 0 Å². The Labute approximate surface area is 112 Å². The Balaban J connectivity index is 1.83. The van der Waals surface area contributed by atoms with Gasteiger partial charge >= 0.3 is 5.97 Å². The standard InChI is InChI=1S/C11H18N2O5S/c1-19(17,18)13-4-2-3-7(13)6-12-10(14)8-5-9(8)11(15)16/h7-9H,2-6H2,1H3,(H,12,14)(H,15,16)/t7-,8?,9?/m1/s1. The summed E-state index contributed by atoms with van der Waals surface area (Å²) in [5.41, 5.74) is 0. The fourth-order valence-corrected chi connectivity index (χ4v) is 3.74. The summed E-state index contributed by atoms with van der Waals surface area (Å²) in [6.45, 7) is 0.745. The maximum absolute atomic E-state index is 11.7. The maximum atomic E-state index is 11.7. The second-order valence-corrected chi connectivity index (χ2v) is 7.14. The van der Waals surface area contributed by atoms with Gasteiger partial charge in [-0.25, -0.2) is 8.42 Å². The highest BCUT2D eigenvalue weighted by molar-refractivity contribution is 7.88. The molecule has 1 aliphatic carbocycles. The summed E-state index contributed by atoms with van der Waals surface area (Å²) in [4.78, 5) is 22.3. The van der Waals surface area contributed by atoms with Gasteiger partial charge in [-0.3, -0.25) is 9.59 Å². The Hall–Kier alpha value is -1.15. The van der Waals surface area contributed by atoms with Crippen LogP contribution in [0.5, 0.6) is 0 Å². The average Bonchev–Trinajstić information content (AvgIpc) is 2.96. The second kappa shape index (κ2) is 5.09. The molecule has 2 rings (SSSR count). The minimum absolute atomic E-state index is 0.207. The van der Waals surface area contributed by atoms with E-state index in [9.17, 15) is 18.0 Å². The molecule has 8 heteroatoms. The van der Waals surface area contributed by atoms with E-state index in [-0.39, 0.29) is 18.5 Å². The fraction of sp³-hybridized carbons (Fsp3) is 0.818. The zero-order valence-corrected chi connectivity index (χ0v) is 11.5. The maximum Gasteiger partial charge on any atom is 0.307 e. The number of hydrogen-bond acceptors (Lipinski definition) is 4. The zero-order chi connectivity index (χ0) is 14.2. The first kappa shape index (κ1) is 14.3. The Bertz CT molecular complexity index is 489. The van der Waals surface area contributed by atoms with E-state index in [1.54, 1.807) is 0 Å². The van der Waals surface area contributed by atoms with Crippen molar-refractivity contribution in [2.45, 2.75) is 25.3 Å². The quantitative estimate of drug-likeness (QED) is 0.693. The minimum Gasteiger partial charge on any atom is -0.481 e.